The number of carbonyl (C=O) groups excluding carboxylic acids is 2. The van der Waals surface area contributed by atoms with Crippen LogP contribution in [-0.2, 0) is 22.7 Å². The second-order valence-electron chi connectivity index (χ2n) is 11.9. The van der Waals surface area contributed by atoms with Crippen LogP contribution in [0.4, 0.5) is 23.0 Å². The Morgan fingerprint density at radius 1 is 0.520 bits per heavy atom. The molecule has 12 heteroatoms. The number of hydrogen-bond donors (Lipinski definition) is 4. The molecule has 4 N–H and O–H groups in total. The number of anilines is 2. The van der Waals surface area contributed by atoms with Gasteiger partial charge in [-0.3, -0.25) is 9.59 Å². The summed E-state index contributed by atoms with van der Waals surface area (Å²) in [7, 11) is 0. The van der Waals surface area contributed by atoms with Gasteiger partial charge in [0.15, 0.2) is 11.3 Å². The summed E-state index contributed by atoms with van der Waals surface area (Å²) in [5.74, 6) is 0.774. The van der Waals surface area contributed by atoms with Crippen LogP contribution in [0.25, 0.3) is 22.1 Å². The molecule has 6 aromatic rings. The fourth-order valence-electron chi connectivity index (χ4n) is 5.08. The number of azo groups is 1. The molecule has 0 radical (unpaired) electrons. The maximum atomic E-state index is 12.4. The van der Waals surface area contributed by atoms with Crippen molar-refractivity contribution >= 4 is 56.9 Å². The molecule has 2 aromatic carbocycles. The molecule has 0 unspecified atom stereocenters. The van der Waals surface area contributed by atoms with Gasteiger partial charge in [-0.1, -0.05) is 24.3 Å². The number of nitrogens with one attached hydrogen (secondary N) is 4. The number of amides is 2. The molecule has 0 fully saturated rings. The van der Waals surface area contributed by atoms with E-state index in [4.69, 9.17) is 0 Å². The van der Waals surface area contributed by atoms with Gasteiger partial charge in [0, 0.05) is 61.2 Å². The van der Waals surface area contributed by atoms with Crippen molar-refractivity contribution < 1.29 is 9.59 Å². The third-order valence-corrected chi connectivity index (χ3v) is 7.79. The lowest BCUT2D eigenvalue weighted by Crippen LogP contribution is -2.21. The van der Waals surface area contributed by atoms with Crippen LogP contribution in [0.2, 0.25) is 0 Å². The summed E-state index contributed by atoms with van der Waals surface area (Å²) < 4.78 is 0. The van der Waals surface area contributed by atoms with E-state index >= 15 is 0 Å². The van der Waals surface area contributed by atoms with Crippen molar-refractivity contribution in [2.45, 2.75) is 39.8 Å². The zero-order chi connectivity index (χ0) is 34.7. The van der Waals surface area contributed by atoms with E-state index in [1.54, 1.807) is 12.1 Å². The molecular formula is C38H38N10O2. The van der Waals surface area contributed by atoms with Gasteiger partial charge in [0.25, 0.3) is 0 Å². The zero-order valence-corrected chi connectivity index (χ0v) is 28.0. The second kappa shape index (κ2) is 16.4. The van der Waals surface area contributed by atoms with Crippen LogP contribution >= 0.6 is 0 Å². The summed E-state index contributed by atoms with van der Waals surface area (Å²) in [6, 6.07) is 30.8. The largest absolute Gasteiger partial charge is 0.312 e. The first-order valence-electron chi connectivity index (χ1n) is 16.5. The molecule has 6 rings (SSSR count). The lowest BCUT2D eigenvalue weighted by atomic mass is 10.2. The lowest BCUT2D eigenvalue weighted by Gasteiger charge is -2.07. The number of aromatic nitrogens is 4. The normalized spacial score (nSPS) is 11.3. The van der Waals surface area contributed by atoms with E-state index in [-0.39, 0.29) is 11.8 Å². The summed E-state index contributed by atoms with van der Waals surface area (Å²) in [5, 5.41) is 22.9. The minimum Gasteiger partial charge on any atom is -0.312 e. The van der Waals surface area contributed by atoms with Gasteiger partial charge in [0.2, 0.25) is 11.8 Å². The first-order valence-corrected chi connectivity index (χ1v) is 16.5. The molecule has 4 heterocycles. The quantitative estimate of drug-likeness (QED) is 0.0727. The van der Waals surface area contributed by atoms with Crippen molar-refractivity contribution in [1.29, 1.82) is 0 Å². The Kier molecular flexibility index (Phi) is 11.1. The van der Waals surface area contributed by atoms with Crippen molar-refractivity contribution in [3.63, 3.8) is 0 Å². The highest BCUT2D eigenvalue weighted by atomic mass is 16.2. The number of rotatable bonds is 14. The first-order chi connectivity index (χ1) is 24.4. The van der Waals surface area contributed by atoms with Gasteiger partial charge in [-0.05, 0) is 97.8 Å². The van der Waals surface area contributed by atoms with Crippen molar-refractivity contribution in [3.8, 4) is 0 Å². The van der Waals surface area contributed by atoms with Gasteiger partial charge in [-0.15, -0.1) is 0 Å². The Morgan fingerprint density at radius 3 is 1.34 bits per heavy atom. The average molecular weight is 667 g/mol. The molecule has 12 nitrogen and oxygen atoms in total. The Hall–Kier alpha value is -5.98. The van der Waals surface area contributed by atoms with Crippen LogP contribution < -0.4 is 21.3 Å². The molecule has 0 spiro atoms. The topological polar surface area (TPSA) is 159 Å². The monoisotopic (exact) mass is 666 g/mol. The summed E-state index contributed by atoms with van der Waals surface area (Å²) in [6.07, 6.45) is 0.643. The van der Waals surface area contributed by atoms with Crippen molar-refractivity contribution in [2.75, 3.05) is 23.7 Å². The van der Waals surface area contributed by atoms with E-state index < -0.39 is 0 Å². The molecule has 0 saturated heterocycles. The minimum absolute atomic E-state index is 0.110. The van der Waals surface area contributed by atoms with Crippen LogP contribution in [0, 0.1) is 13.8 Å². The van der Waals surface area contributed by atoms with Gasteiger partial charge in [-0.2, -0.15) is 10.2 Å². The lowest BCUT2D eigenvalue weighted by molar-refractivity contribution is -0.117. The average Bonchev–Trinajstić information content (AvgIpc) is 3.11. The van der Waals surface area contributed by atoms with Crippen LogP contribution in [0.1, 0.15) is 35.4 Å². The SMILES string of the molecule is Cc1ccc2ccc(NC(=O)CCNCc3ccc(N=Nc4ccc(CNCCC(=O)Nc5ccc6ccc(C)nc6n5)cc4)cc3)nc2n1. The van der Waals surface area contributed by atoms with Gasteiger partial charge in [-0.25, -0.2) is 19.9 Å². The second-order valence-corrected chi connectivity index (χ2v) is 11.9. The molecule has 50 heavy (non-hydrogen) atoms. The highest BCUT2D eigenvalue weighted by molar-refractivity contribution is 5.92. The van der Waals surface area contributed by atoms with Crippen LogP contribution in [-0.4, -0.2) is 44.8 Å². The van der Waals surface area contributed by atoms with E-state index in [9.17, 15) is 9.59 Å². The first kappa shape index (κ1) is 33.9. The van der Waals surface area contributed by atoms with Crippen molar-refractivity contribution in [3.05, 3.63) is 120 Å². The molecule has 0 saturated carbocycles. The van der Waals surface area contributed by atoms with Gasteiger partial charge in [0.1, 0.15) is 11.6 Å². The summed E-state index contributed by atoms with van der Waals surface area (Å²) >= 11 is 0. The number of benzene rings is 2. The zero-order valence-electron chi connectivity index (χ0n) is 28.0. The van der Waals surface area contributed by atoms with Crippen LogP contribution in [0.5, 0.6) is 0 Å². The molecule has 0 aliphatic rings. The van der Waals surface area contributed by atoms with E-state index in [1.165, 1.54) is 0 Å². The van der Waals surface area contributed by atoms with Gasteiger partial charge >= 0.3 is 0 Å². The van der Waals surface area contributed by atoms with Gasteiger partial charge < -0.3 is 21.3 Å². The Bertz CT molecular complexity index is 1980. The standard InChI is InChI=1S/C38H38N10O2/c1-25-3-9-29-11-17-33(45-37(29)41-25)43-35(49)19-21-39-23-27-5-13-31(14-6-27)47-48-32-15-7-28(8-16-32)24-40-22-20-36(50)44-34-18-12-30-10-4-26(2)42-38(30)46-34/h3-18,39-40H,19-24H2,1-2H3,(H,41,43,45,49)(H,42,44,46,50). The molecule has 0 aliphatic carbocycles. The summed E-state index contributed by atoms with van der Waals surface area (Å²) in [5.41, 5.74) is 6.64. The third-order valence-electron chi connectivity index (χ3n) is 7.79. The molecule has 0 bridgehead atoms. The predicted octanol–water partition coefficient (Wildman–Crippen LogP) is 6.84. The number of fused-ring (bicyclic) bond motifs is 2. The van der Waals surface area contributed by atoms with E-state index in [0.29, 0.717) is 62.0 Å². The fraction of sp³-hybridized carbons (Fsp3) is 0.211. The van der Waals surface area contributed by atoms with E-state index in [2.05, 4.69) is 51.4 Å². The Morgan fingerprint density at radius 2 is 0.920 bits per heavy atom. The van der Waals surface area contributed by atoms with Crippen LogP contribution in [0.3, 0.4) is 0 Å². The molecule has 2 amide bonds. The number of nitrogens with zero attached hydrogens (tertiary/aromatic N) is 6. The summed E-state index contributed by atoms with van der Waals surface area (Å²) in [4.78, 5) is 42.5. The highest BCUT2D eigenvalue weighted by Crippen LogP contribution is 2.20. The van der Waals surface area contributed by atoms with Gasteiger partial charge in [0.05, 0.1) is 11.4 Å². The molecule has 252 valence electrons. The molecule has 4 aromatic heterocycles. The van der Waals surface area contributed by atoms with Crippen molar-refractivity contribution in [2.24, 2.45) is 10.2 Å². The van der Waals surface area contributed by atoms with Crippen LogP contribution in [0.15, 0.2) is 107 Å². The smallest absolute Gasteiger partial charge is 0.226 e. The number of pyridine rings is 4. The number of aryl methyl sites for hydroxylation is 2. The predicted molar refractivity (Wildman–Crippen MR) is 196 cm³/mol. The van der Waals surface area contributed by atoms with Crippen molar-refractivity contribution in [1.82, 2.24) is 30.6 Å². The van der Waals surface area contributed by atoms with E-state index in [0.717, 1.165) is 44.7 Å². The maximum absolute atomic E-state index is 12.4. The molecular weight excluding hydrogens is 628 g/mol. The number of carbonyl (C=O) groups is 2. The number of hydrogen-bond acceptors (Lipinski definition) is 10. The Labute approximate surface area is 289 Å². The molecule has 0 aliphatic heterocycles. The molecule has 0 atom stereocenters. The minimum atomic E-state index is -0.110. The Balaban J connectivity index is 0.864. The fourth-order valence-corrected chi connectivity index (χ4v) is 5.08. The van der Waals surface area contributed by atoms with E-state index in [1.807, 2.05) is 98.8 Å². The summed E-state index contributed by atoms with van der Waals surface area (Å²) in [6.45, 7) is 6.13. The maximum Gasteiger partial charge on any atom is 0.226 e. The third kappa shape index (κ3) is 9.78. The highest BCUT2D eigenvalue weighted by Gasteiger charge is 2.07.